The summed E-state index contributed by atoms with van der Waals surface area (Å²) in [5, 5.41) is 21.1. The number of hydrogen-bond acceptors (Lipinski definition) is 3. The van der Waals surface area contributed by atoms with Crippen LogP contribution in [-0.4, -0.2) is 28.1 Å². The van der Waals surface area contributed by atoms with Crippen molar-refractivity contribution in [1.82, 2.24) is 5.32 Å². The Balaban J connectivity index is 2.50. The maximum absolute atomic E-state index is 11.8. The predicted molar refractivity (Wildman–Crippen MR) is 75.4 cm³/mol. The summed E-state index contributed by atoms with van der Waals surface area (Å²) >= 11 is 0. The first kappa shape index (κ1) is 16.0. The summed E-state index contributed by atoms with van der Waals surface area (Å²) in [5.41, 5.74) is 0.710. The highest BCUT2D eigenvalue weighted by Gasteiger charge is 2.19. The van der Waals surface area contributed by atoms with Gasteiger partial charge in [-0.05, 0) is 24.0 Å². The first-order valence-corrected chi connectivity index (χ1v) is 6.68. The molecule has 0 aliphatic heterocycles. The topological polar surface area (TPSA) is 86.6 Å². The number of aliphatic carboxylic acids is 1. The summed E-state index contributed by atoms with van der Waals surface area (Å²) in [6.07, 6.45) is 0.566. The van der Waals surface area contributed by atoms with Crippen LogP contribution in [0.3, 0.4) is 0 Å². The van der Waals surface area contributed by atoms with Gasteiger partial charge in [0, 0.05) is 12.5 Å². The van der Waals surface area contributed by atoms with Crippen molar-refractivity contribution < 1.29 is 19.8 Å². The van der Waals surface area contributed by atoms with Crippen LogP contribution in [0.2, 0.25) is 0 Å². The van der Waals surface area contributed by atoms with Gasteiger partial charge in [0.25, 0.3) is 0 Å². The fourth-order valence-electron chi connectivity index (χ4n) is 1.89. The fourth-order valence-corrected chi connectivity index (χ4v) is 1.89. The number of phenolic OH excluding ortho intramolecular Hbond substituents is 1. The van der Waals surface area contributed by atoms with Crippen molar-refractivity contribution in [2.24, 2.45) is 5.92 Å². The highest BCUT2D eigenvalue weighted by atomic mass is 16.4. The van der Waals surface area contributed by atoms with Crippen molar-refractivity contribution in [2.45, 2.75) is 39.2 Å². The molecule has 1 unspecified atom stereocenters. The van der Waals surface area contributed by atoms with E-state index in [2.05, 4.69) is 5.32 Å². The molecule has 0 radical (unpaired) electrons. The maximum Gasteiger partial charge on any atom is 0.305 e. The molecule has 0 heterocycles. The molecule has 3 N–H and O–H groups in total. The molecule has 1 rings (SSSR count). The number of nitrogens with one attached hydrogen (secondary N) is 1. The van der Waals surface area contributed by atoms with Gasteiger partial charge >= 0.3 is 5.97 Å². The highest BCUT2D eigenvalue weighted by molar-refractivity contribution is 5.77. The zero-order chi connectivity index (χ0) is 15.1. The van der Waals surface area contributed by atoms with Crippen LogP contribution in [0.25, 0.3) is 0 Å². The summed E-state index contributed by atoms with van der Waals surface area (Å²) < 4.78 is 0. The number of carboxylic acids is 1. The van der Waals surface area contributed by atoms with Gasteiger partial charge in [-0.15, -0.1) is 0 Å². The Morgan fingerprint density at radius 2 is 1.90 bits per heavy atom. The second-order valence-corrected chi connectivity index (χ2v) is 5.14. The minimum atomic E-state index is -0.926. The van der Waals surface area contributed by atoms with Gasteiger partial charge in [-0.1, -0.05) is 32.0 Å². The third kappa shape index (κ3) is 5.30. The Labute approximate surface area is 118 Å². The molecule has 0 saturated carbocycles. The van der Waals surface area contributed by atoms with Gasteiger partial charge in [0.2, 0.25) is 5.91 Å². The first-order valence-electron chi connectivity index (χ1n) is 6.68. The summed E-state index contributed by atoms with van der Waals surface area (Å²) in [7, 11) is 0. The SMILES string of the molecule is CC(C)C(CC(=O)O)NC(=O)CCc1ccccc1O. The van der Waals surface area contributed by atoms with Gasteiger partial charge in [0.15, 0.2) is 0 Å². The van der Waals surface area contributed by atoms with Crippen LogP contribution < -0.4 is 5.32 Å². The number of amides is 1. The number of rotatable bonds is 7. The largest absolute Gasteiger partial charge is 0.508 e. The Hall–Kier alpha value is -2.04. The van der Waals surface area contributed by atoms with Gasteiger partial charge in [-0.25, -0.2) is 0 Å². The van der Waals surface area contributed by atoms with E-state index in [-0.39, 0.29) is 36.5 Å². The molecule has 0 bridgehead atoms. The molecular weight excluding hydrogens is 258 g/mol. The smallest absolute Gasteiger partial charge is 0.305 e. The van der Waals surface area contributed by atoms with E-state index in [1.54, 1.807) is 24.3 Å². The van der Waals surface area contributed by atoms with Crippen molar-refractivity contribution in [3.63, 3.8) is 0 Å². The monoisotopic (exact) mass is 279 g/mol. The van der Waals surface area contributed by atoms with E-state index < -0.39 is 5.97 Å². The molecule has 110 valence electrons. The lowest BCUT2D eigenvalue weighted by Gasteiger charge is -2.20. The predicted octanol–water partition coefficient (Wildman–Crippen LogP) is 1.94. The fraction of sp³-hybridized carbons (Fsp3) is 0.467. The molecule has 0 saturated heterocycles. The van der Waals surface area contributed by atoms with Crippen molar-refractivity contribution in [3.8, 4) is 5.75 Å². The molecule has 5 heteroatoms. The summed E-state index contributed by atoms with van der Waals surface area (Å²) in [6, 6.07) is 6.49. The van der Waals surface area contributed by atoms with Crippen molar-refractivity contribution in [3.05, 3.63) is 29.8 Å². The number of carbonyl (C=O) groups excluding carboxylic acids is 1. The lowest BCUT2D eigenvalue weighted by molar-refractivity contribution is -0.138. The molecular formula is C15H21NO4. The zero-order valence-electron chi connectivity index (χ0n) is 11.8. The van der Waals surface area contributed by atoms with Gasteiger partial charge < -0.3 is 15.5 Å². The van der Waals surface area contributed by atoms with E-state index in [1.807, 2.05) is 13.8 Å². The van der Waals surface area contributed by atoms with Crippen molar-refractivity contribution >= 4 is 11.9 Å². The molecule has 1 atom stereocenters. The van der Waals surface area contributed by atoms with Crippen LogP contribution in [0.15, 0.2) is 24.3 Å². The van der Waals surface area contributed by atoms with Crippen LogP contribution in [0, 0.1) is 5.92 Å². The third-order valence-corrected chi connectivity index (χ3v) is 3.16. The number of benzene rings is 1. The Kier molecular flexibility index (Phi) is 6.03. The molecule has 5 nitrogen and oxygen atoms in total. The van der Waals surface area contributed by atoms with Crippen LogP contribution in [-0.2, 0) is 16.0 Å². The minimum Gasteiger partial charge on any atom is -0.508 e. The standard InChI is InChI=1S/C15H21NO4/c1-10(2)12(9-15(19)20)16-14(18)8-7-11-5-3-4-6-13(11)17/h3-6,10,12,17H,7-9H2,1-2H3,(H,16,18)(H,19,20). The van der Waals surface area contributed by atoms with E-state index in [9.17, 15) is 14.7 Å². The Morgan fingerprint density at radius 1 is 1.25 bits per heavy atom. The molecule has 1 aromatic carbocycles. The summed E-state index contributed by atoms with van der Waals surface area (Å²) in [4.78, 5) is 22.6. The van der Waals surface area contributed by atoms with Gasteiger partial charge in [0.1, 0.15) is 5.75 Å². The number of hydrogen-bond donors (Lipinski definition) is 3. The number of phenols is 1. The van der Waals surface area contributed by atoms with E-state index in [0.29, 0.717) is 12.0 Å². The molecule has 0 aliphatic carbocycles. The molecule has 0 fully saturated rings. The lowest BCUT2D eigenvalue weighted by atomic mass is 10.0. The van der Waals surface area contributed by atoms with Gasteiger partial charge in [0.05, 0.1) is 6.42 Å². The third-order valence-electron chi connectivity index (χ3n) is 3.16. The highest BCUT2D eigenvalue weighted by Crippen LogP contribution is 2.17. The van der Waals surface area contributed by atoms with Crippen molar-refractivity contribution in [1.29, 1.82) is 0 Å². The number of carboxylic acid groups (broad SMARTS) is 1. The molecule has 0 spiro atoms. The lowest BCUT2D eigenvalue weighted by Crippen LogP contribution is -2.40. The quantitative estimate of drug-likeness (QED) is 0.712. The minimum absolute atomic E-state index is 0.0557. The first-order chi connectivity index (χ1) is 9.40. The second-order valence-electron chi connectivity index (χ2n) is 5.14. The average Bonchev–Trinajstić information content (AvgIpc) is 2.36. The van der Waals surface area contributed by atoms with Gasteiger partial charge in [-0.2, -0.15) is 0 Å². The van der Waals surface area contributed by atoms with E-state index in [4.69, 9.17) is 5.11 Å². The number of para-hydroxylation sites is 1. The molecule has 0 aromatic heterocycles. The van der Waals surface area contributed by atoms with Crippen LogP contribution in [0.5, 0.6) is 5.75 Å². The summed E-state index contributed by atoms with van der Waals surface area (Å²) in [6.45, 7) is 3.74. The molecule has 1 amide bonds. The normalized spacial score (nSPS) is 12.2. The van der Waals surface area contributed by atoms with E-state index in [0.717, 1.165) is 0 Å². The van der Waals surface area contributed by atoms with E-state index in [1.165, 1.54) is 0 Å². The Morgan fingerprint density at radius 3 is 2.45 bits per heavy atom. The maximum atomic E-state index is 11.8. The van der Waals surface area contributed by atoms with Crippen LogP contribution >= 0.6 is 0 Å². The second kappa shape index (κ2) is 7.53. The van der Waals surface area contributed by atoms with E-state index >= 15 is 0 Å². The van der Waals surface area contributed by atoms with Crippen LogP contribution in [0.4, 0.5) is 0 Å². The molecule has 0 aliphatic rings. The Bertz CT molecular complexity index is 471. The van der Waals surface area contributed by atoms with Crippen molar-refractivity contribution in [2.75, 3.05) is 0 Å². The molecule has 20 heavy (non-hydrogen) atoms. The molecule has 1 aromatic rings. The number of aromatic hydroxyl groups is 1. The zero-order valence-corrected chi connectivity index (χ0v) is 11.8. The number of aryl methyl sites for hydroxylation is 1. The number of carbonyl (C=O) groups is 2. The van der Waals surface area contributed by atoms with Crippen LogP contribution in [0.1, 0.15) is 32.3 Å². The summed E-state index contributed by atoms with van der Waals surface area (Å²) in [5.74, 6) is -0.899. The van der Waals surface area contributed by atoms with Gasteiger partial charge in [-0.3, -0.25) is 9.59 Å². The average molecular weight is 279 g/mol.